The van der Waals surface area contributed by atoms with E-state index in [0.717, 1.165) is 5.56 Å². The van der Waals surface area contributed by atoms with E-state index in [1.165, 1.54) is 17.0 Å². The van der Waals surface area contributed by atoms with Crippen LogP contribution < -0.4 is 5.32 Å². The van der Waals surface area contributed by atoms with Crippen molar-refractivity contribution in [2.24, 2.45) is 0 Å². The fourth-order valence-corrected chi connectivity index (χ4v) is 3.46. The molecule has 1 amide bonds. The Kier molecular flexibility index (Phi) is 5.26. The molecule has 30 heavy (non-hydrogen) atoms. The maximum absolute atomic E-state index is 13.8. The fourth-order valence-electron chi connectivity index (χ4n) is 3.29. The quantitative estimate of drug-likeness (QED) is 0.451. The van der Waals surface area contributed by atoms with E-state index in [4.69, 9.17) is 16.0 Å². The minimum atomic E-state index is -2.73. The molecule has 0 aliphatic heterocycles. The molecule has 0 fully saturated rings. The van der Waals surface area contributed by atoms with Gasteiger partial charge in [0.15, 0.2) is 11.4 Å². The zero-order valence-corrected chi connectivity index (χ0v) is 16.9. The molecule has 6 nitrogen and oxygen atoms in total. The molecule has 0 bridgehead atoms. The van der Waals surface area contributed by atoms with Crippen LogP contribution >= 0.6 is 11.6 Å². The molecule has 0 spiro atoms. The highest BCUT2D eigenvalue weighted by molar-refractivity contribution is 6.31. The smallest absolute Gasteiger partial charge is 0.264 e. The van der Waals surface area contributed by atoms with Crippen molar-refractivity contribution in [1.29, 1.82) is 0 Å². The molecule has 4 aromatic rings. The molecule has 4 rings (SSSR count). The number of nitrogens with zero attached hydrogens (tertiary/aromatic N) is 3. The molecule has 0 saturated carbocycles. The fraction of sp³-hybridized carbons (Fsp3) is 0.190. The number of hydrogen-bond donors (Lipinski definition) is 1. The average molecular weight is 431 g/mol. The number of halogens is 3. The van der Waals surface area contributed by atoms with Crippen LogP contribution in [0.15, 0.2) is 47.1 Å². The zero-order valence-electron chi connectivity index (χ0n) is 16.1. The molecule has 0 atom stereocenters. The highest BCUT2D eigenvalue weighted by Gasteiger charge is 2.22. The number of amides is 1. The van der Waals surface area contributed by atoms with Gasteiger partial charge in [-0.3, -0.25) is 4.79 Å². The summed E-state index contributed by atoms with van der Waals surface area (Å²) in [5.41, 5.74) is 1.89. The SMILES string of the molecule is Cc1c(Cl)cccc1NC(=O)Cn1nc(C)c2c(C(F)F)cc(-c3ccco3)nc21. The van der Waals surface area contributed by atoms with Crippen molar-refractivity contribution in [3.63, 3.8) is 0 Å². The largest absolute Gasteiger partial charge is 0.463 e. The van der Waals surface area contributed by atoms with Crippen molar-refractivity contribution in [2.75, 3.05) is 5.32 Å². The molecule has 0 aliphatic carbocycles. The monoisotopic (exact) mass is 430 g/mol. The Morgan fingerprint density at radius 1 is 1.27 bits per heavy atom. The molecule has 0 saturated heterocycles. The molecule has 1 N–H and O–H groups in total. The summed E-state index contributed by atoms with van der Waals surface area (Å²) in [5, 5.41) is 7.81. The van der Waals surface area contributed by atoms with Crippen LogP contribution in [-0.4, -0.2) is 20.7 Å². The minimum Gasteiger partial charge on any atom is -0.463 e. The Morgan fingerprint density at radius 2 is 2.07 bits per heavy atom. The summed E-state index contributed by atoms with van der Waals surface area (Å²) in [6, 6.07) is 9.75. The van der Waals surface area contributed by atoms with Gasteiger partial charge in [0.05, 0.1) is 17.3 Å². The lowest BCUT2D eigenvalue weighted by molar-refractivity contribution is -0.116. The average Bonchev–Trinajstić information content (AvgIpc) is 3.34. The van der Waals surface area contributed by atoms with Crippen molar-refractivity contribution in [3.8, 4) is 11.5 Å². The van der Waals surface area contributed by atoms with Crippen LogP contribution in [0.5, 0.6) is 0 Å². The molecule has 1 aromatic carbocycles. The Hall–Kier alpha value is -3.26. The molecule has 0 aliphatic rings. The maximum atomic E-state index is 13.8. The lowest BCUT2D eigenvalue weighted by Crippen LogP contribution is -2.20. The van der Waals surface area contributed by atoms with Gasteiger partial charge in [-0.05, 0) is 49.7 Å². The van der Waals surface area contributed by atoms with Gasteiger partial charge >= 0.3 is 0 Å². The zero-order chi connectivity index (χ0) is 21.4. The number of anilines is 1. The first-order valence-corrected chi connectivity index (χ1v) is 9.48. The summed E-state index contributed by atoms with van der Waals surface area (Å²) < 4.78 is 34.1. The molecular formula is C21H17ClF2N4O2. The molecule has 3 aromatic heterocycles. The van der Waals surface area contributed by atoms with Crippen LogP contribution in [0, 0.1) is 13.8 Å². The number of pyridine rings is 1. The number of carbonyl (C=O) groups excluding carboxylic acids is 1. The van der Waals surface area contributed by atoms with Crippen LogP contribution in [0.1, 0.15) is 23.2 Å². The number of rotatable bonds is 5. The second kappa shape index (κ2) is 7.87. The first-order chi connectivity index (χ1) is 14.3. The number of carbonyl (C=O) groups is 1. The highest BCUT2D eigenvalue weighted by Crippen LogP contribution is 2.33. The van der Waals surface area contributed by atoms with Crippen LogP contribution in [0.2, 0.25) is 5.02 Å². The summed E-state index contributed by atoms with van der Waals surface area (Å²) in [6.07, 6.45) is -1.30. The van der Waals surface area contributed by atoms with Crippen LogP contribution in [-0.2, 0) is 11.3 Å². The highest BCUT2D eigenvalue weighted by atomic mass is 35.5. The lowest BCUT2D eigenvalue weighted by atomic mass is 10.1. The first-order valence-electron chi connectivity index (χ1n) is 9.10. The van der Waals surface area contributed by atoms with Gasteiger partial charge in [-0.25, -0.2) is 18.4 Å². The number of benzene rings is 1. The van der Waals surface area contributed by atoms with E-state index in [1.54, 1.807) is 44.2 Å². The number of aromatic nitrogens is 3. The topological polar surface area (TPSA) is 73.0 Å². The number of hydrogen-bond acceptors (Lipinski definition) is 4. The Balaban J connectivity index is 1.74. The Bertz CT molecular complexity index is 1240. The van der Waals surface area contributed by atoms with E-state index < -0.39 is 6.43 Å². The van der Waals surface area contributed by atoms with Crippen LogP contribution in [0.3, 0.4) is 0 Å². The maximum Gasteiger partial charge on any atom is 0.264 e. The van der Waals surface area contributed by atoms with Gasteiger partial charge in [0.1, 0.15) is 12.2 Å². The summed E-state index contributed by atoms with van der Waals surface area (Å²) in [4.78, 5) is 17.1. The third-order valence-corrected chi connectivity index (χ3v) is 5.16. The van der Waals surface area contributed by atoms with Crippen molar-refractivity contribution >= 4 is 34.2 Å². The number of furan rings is 1. The van der Waals surface area contributed by atoms with Gasteiger partial charge in [-0.1, -0.05) is 17.7 Å². The van der Waals surface area contributed by atoms with Gasteiger partial charge in [0.2, 0.25) is 5.91 Å². The second-order valence-electron chi connectivity index (χ2n) is 6.78. The van der Waals surface area contributed by atoms with E-state index in [9.17, 15) is 13.6 Å². The van der Waals surface area contributed by atoms with Crippen molar-refractivity contribution in [2.45, 2.75) is 26.8 Å². The van der Waals surface area contributed by atoms with Crippen molar-refractivity contribution in [3.05, 3.63) is 64.5 Å². The molecule has 9 heteroatoms. The number of aryl methyl sites for hydroxylation is 1. The summed E-state index contributed by atoms with van der Waals surface area (Å²) in [7, 11) is 0. The number of nitrogens with one attached hydrogen (secondary N) is 1. The van der Waals surface area contributed by atoms with Crippen LogP contribution in [0.25, 0.3) is 22.5 Å². The molecule has 154 valence electrons. The normalized spacial score (nSPS) is 11.4. The van der Waals surface area contributed by atoms with Gasteiger partial charge in [-0.2, -0.15) is 5.10 Å². The minimum absolute atomic E-state index is 0.190. The van der Waals surface area contributed by atoms with Crippen molar-refractivity contribution < 1.29 is 18.0 Å². The first kappa shape index (κ1) is 20.0. The van der Waals surface area contributed by atoms with E-state index in [1.807, 2.05) is 0 Å². The second-order valence-corrected chi connectivity index (χ2v) is 7.18. The summed E-state index contributed by atoms with van der Waals surface area (Å²) >= 11 is 6.09. The van der Waals surface area contributed by atoms with Gasteiger partial charge in [0.25, 0.3) is 6.43 Å². The number of fused-ring (bicyclic) bond motifs is 1. The van der Waals surface area contributed by atoms with Gasteiger partial charge in [0, 0.05) is 16.3 Å². The summed E-state index contributed by atoms with van der Waals surface area (Å²) in [6.45, 7) is 3.20. The van der Waals surface area contributed by atoms with Gasteiger partial charge in [-0.15, -0.1) is 0 Å². The lowest BCUT2D eigenvalue weighted by Gasteiger charge is -2.10. The standard InChI is InChI=1S/C21H17ClF2N4O2/c1-11-14(22)5-3-6-15(11)25-18(29)10-28-21-19(12(2)27-28)13(20(23)24)9-16(26-21)17-7-4-8-30-17/h3-9,20H,10H2,1-2H3,(H,25,29). The van der Waals surface area contributed by atoms with E-state index in [2.05, 4.69) is 15.4 Å². The predicted molar refractivity (Wildman–Crippen MR) is 110 cm³/mol. The number of alkyl halides is 2. The predicted octanol–water partition coefficient (Wildman–Crippen LogP) is 5.54. The Labute approximate surface area is 175 Å². The van der Waals surface area contributed by atoms with E-state index >= 15 is 0 Å². The molecule has 3 heterocycles. The molecular weight excluding hydrogens is 414 g/mol. The van der Waals surface area contributed by atoms with E-state index in [0.29, 0.717) is 22.2 Å². The van der Waals surface area contributed by atoms with Crippen LogP contribution in [0.4, 0.5) is 14.5 Å². The van der Waals surface area contributed by atoms with E-state index in [-0.39, 0.29) is 34.7 Å². The Morgan fingerprint density at radius 3 is 2.77 bits per heavy atom. The molecule has 0 radical (unpaired) electrons. The third kappa shape index (κ3) is 3.66. The summed E-state index contributed by atoms with van der Waals surface area (Å²) in [5.74, 6) is -0.0308. The molecule has 0 unspecified atom stereocenters. The van der Waals surface area contributed by atoms with Gasteiger partial charge < -0.3 is 9.73 Å². The third-order valence-electron chi connectivity index (χ3n) is 4.75. The van der Waals surface area contributed by atoms with Crippen molar-refractivity contribution in [1.82, 2.24) is 14.8 Å².